The van der Waals surface area contributed by atoms with E-state index in [9.17, 15) is 14.0 Å². The van der Waals surface area contributed by atoms with Gasteiger partial charge in [-0.3, -0.25) is 14.2 Å². The van der Waals surface area contributed by atoms with E-state index < -0.39 is 11.1 Å². The van der Waals surface area contributed by atoms with Crippen molar-refractivity contribution in [2.24, 2.45) is 0 Å². The van der Waals surface area contributed by atoms with E-state index in [2.05, 4.69) is 15.3 Å². The highest BCUT2D eigenvalue weighted by atomic mass is 32.2. The molecule has 9 heteroatoms. The van der Waals surface area contributed by atoms with Gasteiger partial charge in [-0.25, -0.2) is 14.4 Å². The molecule has 2 heterocycles. The number of hydrogen-bond donors (Lipinski definition) is 1. The molecule has 1 N–H and O–H groups in total. The van der Waals surface area contributed by atoms with Crippen molar-refractivity contribution in [1.29, 1.82) is 0 Å². The van der Waals surface area contributed by atoms with Gasteiger partial charge in [0.25, 0.3) is 5.56 Å². The molecule has 0 aliphatic rings. The molecule has 0 aliphatic heterocycles. The van der Waals surface area contributed by atoms with Gasteiger partial charge in [0.15, 0.2) is 10.3 Å². The Morgan fingerprint density at radius 2 is 1.70 bits per heavy atom. The number of benzene rings is 3. The van der Waals surface area contributed by atoms with Crippen LogP contribution in [0.5, 0.6) is 0 Å². The summed E-state index contributed by atoms with van der Waals surface area (Å²) in [6, 6.07) is 20.3. The van der Waals surface area contributed by atoms with E-state index in [1.807, 2.05) is 24.3 Å². The summed E-state index contributed by atoms with van der Waals surface area (Å²) in [5, 5.41) is 3.58. The Balaban J connectivity index is 1.49. The number of anilines is 1. The zero-order valence-electron chi connectivity index (χ0n) is 17.4. The van der Waals surface area contributed by atoms with Gasteiger partial charge in [0.05, 0.1) is 32.1 Å². The van der Waals surface area contributed by atoms with Crippen LogP contribution in [0, 0.1) is 5.82 Å². The smallest absolute Gasteiger partial charge is 0.266 e. The van der Waals surface area contributed by atoms with E-state index in [-0.39, 0.29) is 11.5 Å². The predicted octanol–water partition coefficient (Wildman–Crippen LogP) is 5.25. The fraction of sp³-hybridized carbons (Fsp3) is 0.0833. The Bertz CT molecular complexity index is 1510. The van der Waals surface area contributed by atoms with Gasteiger partial charge < -0.3 is 5.32 Å². The molecular weight excluding hydrogens is 459 g/mol. The third kappa shape index (κ3) is 4.24. The van der Waals surface area contributed by atoms with Crippen molar-refractivity contribution in [2.75, 3.05) is 5.32 Å². The predicted molar refractivity (Wildman–Crippen MR) is 131 cm³/mol. The maximum absolute atomic E-state index is 13.5. The van der Waals surface area contributed by atoms with Crippen LogP contribution >= 0.6 is 23.1 Å². The third-order valence-corrected chi connectivity index (χ3v) is 7.01. The van der Waals surface area contributed by atoms with Crippen LogP contribution in [0.15, 0.2) is 82.7 Å². The van der Waals surface area contributed by atoms with Gasteiger partial charge in [-0.1, -0.05) is 47.4 Å². The largest absolute Gasteiger partial charge is 0.301 e. The molecule has 5 rings (SSSR count). The van der Waals surface area contributed by atoms with E-state index in [0.29, 0.717) is 26.9 Å². The zero-order chi connectivity index (χ0) is 22.9. The number of aromatic nitrogens is 3. The number of halogens is 1. The first-order valence-electron chi connectivity index (χ1n) is 10.1. The minimum absolute atomic E-state index is 0.257. The van der Waals surface area contributed by atoms with Gasteiger partial charge in [-0.2, -0.15) is 0 Å². The Labute approximate surface area is 196 Å². The van der Waals surface area contributed by atoms with Crippen molar-refractivity contribution >= 4 is 55.3 Å². The minimum atomic E-state index is -0.572. The van der Waals surface area contributed by atoms with Crippen molar-refractivity contribution in [3.05, 3.63) is 89.0 Å². The van der Waals surface area contributed by atoms with E-state index in [1.54, 1.807) is 31.2 Å². The highest BCUT2D eigenvalue weighted by Crippen LogP contribution is 2.28. The molecule has 164 valence electrons. The van der Waals surface area contributed by atoms with E-state index in [1.165, 1.54) is 40.2 Å². The first kappa shape index (κ1) is 21.3. The lowest BCUT2D eigenvalue weighted by molar-refractivity contribution is -0.115. The first-order chi connectivity index (χ1) is 16.0. The molecule has 0 saturated heterocycles. The Morgan fingerprint density at radius 3 is 2.45 bits per heavy atom. The lowest BCUT2D eigenvalue weighted by atomic mass is 10.2. The number of nitrogens with zero attached hydrogens (tertiary/aromatic N) is 3. The van der Waals surface area contributed by atoms with E-state index in [0.717, 1.165) is 22.0 Å². The van der Waals surface area contributed by atoms with Crippen LogP contribution < -0.4 is 10.9 Å². The normalized spacial score (nSPS) is 12.2. The van der Waals surface area contributed by atoms with Gasteiger partial charge in [0.1, 0.15) is 5.82 Å². The van der Waals surface area contributed by atoms with Crippen LogP contribution in [-0.4, -0.2) is 25.7 Å². The summed E-state index contributed by atoms with van der Waals surface area (Å²) in [6.07, 6.45) is 0. The lowest BCUT2D eigenvalue weighted by Gasteiger charge is -2.16. The average molecular weight is 477 g/mol. The van der Waals surface area contributed by atoms with Gasteiger partial charge in [-0.15, -0.1) is 0 Å². The Hall–Kier alpha value is -3.56. The second-order valence-electron chi connectivity index (χ2n) is 7.26. The third-order valence-electron chi connectivity index (χ3n) is 5.01. The van der Waals surface area contributed by atoms with Crippen LogP contribution in [0.25, 0.3) is 26.8 Å². The van der Waals surface area contributed by atoms with Gasteiger partial charge in [0, 0.05) is 0 Å². The van der Waals surface area contributed by atoms with Crippen LogP contribution in [0.2, 0.25) is 0 Å². The number of thiazole rings is 1. The van der Waals surface area contributed by atoms with Crippen molar-refractivity contribution in [2.45, 2.75) is 17.3 Å². The molecule has 6 nitrogen and oxygen atoms in total. The van der Waals surface area contributed by atoms with Crippen molar-refractivity contribution in [1.82, 2.24) is 14.5 Å². The molecule has 3 aromatic carbocycles. The Morgan fingerprint density at radius 1 is 1.00 bits per heavy atom. The number of rotatable bonds is 5. The molecule has 2 aromatic heterocycles. The molecule has 0 radical (unpaired) electrons. The summed E-state index contributed by atoms with van der Waals surface area (Å²) in [4.78, 5) is 35.3. The number of nitrogens with one attached hydrogen (secondary N) is 1. The second-order valence-corrected chi connectivity index (χ2v) is 9.60. The summed E-state index contributed by atoms with van der Waals surface area (Å²) in [5.41, 5.74) is 1.54. The standard InChI is InChI=1S/C24H17FN4O2S2/c1-14(21(30)28-23-26-19-8-4-5-9-20(19)33-23)32-24-27-18-7-3-2-6-17(18)22(31)29(24)16-12-10-15(25)11-13-16/h2-14H,1H3,(H,26,28,30). The van der Waals surface area contributed by atoms with E-state index >= 15 is 0 Å². The fourth-order valence-electron chi connectivity index (χ4n) is 3.35. The highest BCUT2D eigenvalue weighted by molar-refractivity contribution is 8.00. The first-order valence-corrected chi connectivity index (χ1v) is 11.8. The summed E-state index contributed by atoms with van der Waals surface area (Å²) >= 11 is 2.55. The molecule has 1 atom stereocenters. The molecule has 0 saturated carbocycles. The maximum Gasteiger partial charge on any atom is 0.266 e. The summed E-state index contributed by atoms with van der Waals surface area (Å²) in [7, 11) is 0. The maximum atomic E-state index is 13.5. The lowest BCUT2D eigenvalue weighted by Crippen LogP contribution is -2.26. The van der Waals surface area contributed by atoms with Gasteiger partial charge in [0.2, 0.25) is 5.91 Å². The SMILES string of the molecule is CC(Sc1nc2ccccc2c(=O)n1-c1ccc(F)cc1)C(=O)Nc1nc2ccccc2s1. The number of carbonyl (C=O) groups excluding carboxylic acids is 1. The summed E-state index contributed by atoms with van der Waals surface area (Å²) in [5.74, 6) is -0.662. The highest BCUT2D eigenvalue weighted by Gasteiger charge is 2.21. The monoisotopic (exact) mass is 476 g/mol. The number of hydrogen-bond acceptors (Lipinski definition) is 6. The minimum Gasteiger partial charge on any atom is -0.301 e. The Kier molecular flexibility index (Phi) is 5.65. The molecule has 5 aromatic rings. The van der Waals surface area contributed by atoms with Crippen LogP contribution in [0.4, 0.5) is 9.52 Å². The average Bonchev–Trinajstić information content (AvgIpc) is 3.22. The molecule has 33 heavy (non-hydrogen) atoms. The van der Waals surface area contributed by atoms with Crippen molar-refractivity contribution in [3.8, 4) is 5.69 Å². The number of fused-ring (bicyclic) bond motifs is 2. The molecule has 0 aliphatic carbocycles. The topological polar surface area (TPSA) is 76.9 Å². The summed E-state index contributed by atoms with van der Waals surface area (Å²) in [6.45, 7) is 1.74. The molecule has 0 spiro atoms. The van der Waals surface area contributed by atoms with E-state index in [4.69, 9.17) is 0 Å². The zero-order valence-corrected chi connectivity index (χ0v) is 19.0. The molecule has 1 unspecified atom stereocenters. The second kappa shape index (κ2) is 8.76. The molecule has 0 fully saturated rings. The quantitative estimate of drug-likeness (QED) is 0.277. The van der Waals surface area contributed by atoms with Gasteiger partial charge in [-0.05, 0) is 55.5 Å². The molecule has 0 bridgehead atoms. The fourth-order valence-corrected chi connectivity index (χ4v) is 5.15. The van der Waals surface area contributed by atoms with Gasteiger partial charge >= 0.3 is 0 Å². The number of para-hydroxylation sites is 2. The van der Waals surface area contributed by atoms with Crippen molar-refractivity contribution in [3.63, 3.8) is 0 Å². The van der Waals surface area contributed by atoms with Crippen LogP contribution in [0.1, 0.15) is 6.92 Å². The van der Waals surface area contributed by atoms with Crippen molar-refractivity contribution < 1.29 is 9.18 Å². The van der Waals surface area contributed by atoms with Crippen LogP contribution in [-0.2, 0) is 4.79 Å². The number of thioether (sulfide) groups is 1. The number of amides is 1. The summed E-state index contributed by atoms with van der Waals surface area (Å²) < 4.78 is 15.9. The van der Waals surface area contributed by atoms with Crippen LogP contribution in [0.3, 0.4) is 0 Å². The number of carbonyl (C=O) groups is 1. The molecule has 1 amide bonds. The molecular formula is C24H17FN4O2S2.